The molecule has 0 radical (unpaired) electrons. The van der Waals surface area contributed by atoms with Crippen LogP contribution in [0, 0.1) is 0 Å². The molecule has 18 rings (SSSR count). The summed E-state index contributed by atoms with van der Waals surface area (Å²) < 4.78 is 0. The number of fused-ring (bicyclic) bond motifs is 4. The third-order valence-electron chi connectivity index (χ3n) is 18.5. The maximum atomic E-state index is 5.21. The largest absolute Gasteiger partial charge is 0.264 e. The zero-order valence-electron chi connectivity index (χ0n) is 53.8. The van der Waals surface area contributed by atoms with Crippen molar-refractivity contribution in [2.45, 2.75) is 0 Å². The van der Waals surface area contributed by atoms with Crippen molar-refractivity contribution in [2.75, 3.05) is 0 Å². The van der Waals surface area contributed by atoms with Gasteiger partial charge in [0, 0.05) is 91.5 Å². The van der Waals surface area contributed by atoms with Gasteiger partial charge in [0.1, 0.15) is 0 Å². The van der Waals surface area contributed by atoms with E-state index in [0.717, 1.165) is 190 Å². The van der Waals surface area contributed by atoms with Crippen LogP contribution in [0.4, 0.5) is 0 Å². The minimum absolute atomic E-state index is 0.724. The average molecular weight is 1280 g/mol. The lowest BCUT2D eigenvalue weighted by atomic mass is 9.98. The lowest BCUT2D eigenvalue weighted by Gasteiger charge is -2.12. The van der Waals surface area contributed by atoms with Crippen LogP contribution in [-0.2, 0) is 0 Å². The van der Waals surface area contributed by atoms with Gasteiger partial charge in [-0.25, -0.2) is 29.9 Å². The van der Waals surface area contributed by atoms with Crippen LogP contribution in [0.15, 0.2) is 340 Å². The fourth-order valence-corrected chi connectivity index (χ4v) is 13.2. The highest BCUT2D eigenvalue weighted by atomic mass is 14.8. The van der Waals surface area contributed by atoms with Crippen LogP contribution in [0.2, 0.25) is 0 Å². The van der Waals surface area contributed by atoms with Gasteiger partial charge < -0.3 is 0 Å². The summed E-state index contributed by atoms with van der Waals surface area (Å²) in [6.45, 7) is 0. The first-order valence-corrected chi connectivity index (χ1v) is 33.2. The number of benzene rings is 8. The Kier molecular flexibility index (Phi) is 15.0. The van der Waals surface area contributed by atoms with E-state index in [2.05, 4.69) is 229 Å². The lowest BCUT2D eigenvalue weighted by Crippen LogP contribution is -1.95. The Hall–Kier alpha value is -13.7. The summed E-state index contributed by atoms with van der Waals surface area (Å²) in [6, 6.07) is 107. The van der Waals surface area contributed by atoms with Crippen LogP contribution < -0.4 is 0 Å². The molecule has 0 spiro atoms. The van der Waals surface area contributed by atoms with Crippen LogP contribution in [0.25, 0.3) is 190 Å². The lowest BCUT2D eigenvalue weighted by molar-refractivity contribution is 1.21. The van der Waals surface area contributed by atoms with Crippen LogP contribution in [0.3, 0.4) is 0 Å². The number of rotatable bonds is 13. The van der Waals surface area contributed by atoms with Gasteiger partial charge in [-0.05, 0) is 196 Å². The summed E-state index contributed by atoms with van der Waals surface area (Å²) in [6.07, 6.45) is 9.17. The van der Waals surface area contributed by atoms with E-state index < -0.39 is 0 Å². The van der Waals surface area contributed by atoms with E-state index in [1.807, 2.05) is 104 Å². The summed E-state index contributed by atoms with van der Waals surface area (Å²) in [5.41, 5.74) is 28.3. The van der Waals surface area contributed by atoms with Crippen LogP contribution >= 0.6 is 0 Å². The van der Waals surface area contributed by atoms with Gasteiger partial charge in [0.05, 0.1) is 84.7 Å². The second-order valence-corrected chi connectivity index (χ2v) is 24.9. The Labute approximate surface area is 576 Å². The Balaban J connectivity index is 0.585. The molecule has 0 bridgehead atoms. The molecule has 0 aliphatic rings. The number of nitrogens with zero attached hydrogens (tertiary/aromatic N) is 10. The highest BCUT2D eigenvalue weighted by Crippen LogP contribution is 2.38. The van der Waals surface area contributed by atoms with Gasteiger partial charge in [-0.2, -0.15) is 0 Å². The molecule has 100 heavy (non-hydrogen) atoms. The van der Waals surface area contributed by atoms with Gasteiger partial charge in [-0.15, -0.1) is 0 Å². The monoisotopic (exact) mass is 1280 g/mol. The highest BCUT2D eigenvalue weighted by Gasteiger charge is 2.17. The average Bonchev–Trinajstić information content (AvgIpc) is 0.803. The Morgan fingerprint density at radius 2 is 0.510 bits per heavy atom. The van der Waals surface area contributed by atoms with Gasteiger partial charge in [-0.3, -0.25) is 19.9 Å². The molecular formula is C90H56N10. The van der Waals surface area contributed by atoms with Gasteiger partial charge >= 0.3 is 0 Å². The maximum absolute atomic E-state index is 5.21. The molecule has 0 fully saturated rings. The summed E-state index contributed by atoms with van der Waals surface area (Å²) in [4.78, 5) is 49.8. The molecule has 0 aliphatic heterocycles. The van der Waals surface area contributed by atoms with Gasteiger partial charge in [0.25, 0.3) is 0 Å². The van der Waals surface area contributed by atoms with E-state index >= 15 is 0 Å². The molecule has 10 heterocycles. The van der Waals surface area contributed by atoms with Crippen molar-refractivity contribution in [2.24, 2.45) is 0 Å². The normalized spacial score (nSPS) is 11.4. The van der Waals surface area contributed by atoms with Gasteiger partial charge in [-0.1, -0.05) is 158 Å². The van der Waals surface area contributed by atoms with Crippen molar-refractivity contribution in [1.82, 2.24) is 49.8 Å². The van der Waals surface area contributed by atoms with E-state index in [4.69, 9.17) is 44.9 Å². The molecule has 10 aromatic heterocycles. The molecular weight excluding hydrogens is 1220 g/mol. The van der Waals surface area contributed by atoms with Crippen LogP contribution in [0.1, 0.15) is 0 Å². The van der Waals surface area contributed by atoms with Crippen LogP contribution in [0.5, 0.6) is 0 Å². The Morgan fingerprint density at radius 3 is 0.990 bits per heavy atom. The molecule has 10 heteroatoms. The van der Waals surface area contributed by atoms with Crippen molar-refractivity contribution < 1.29 is 0 Å². The van der Waals surface area contributed by atoms with E-state index in [1.165, 1.54) is 0 Å². The third kappa shape index (κ3) is 11.8. The minimum atomic E-state index is 0.724. The van der Waals surface area contributed by atoms with Crippen molar-refractivity contribution in [3.63, 3.8) is 0 Å². The predicted octanol–water partition coefficient (Wildman–Crippen LogP) is 21.9. The maximum Gasteiger partial charge on any atom is 0.0900 e. The highest BCUT2D eigenvalue weighted by molar-refractivity contribution is 5.93. The first-order valence-electron chi connectivity index (χ1n) is 33.2. The smallest absolute Gasteiger partial charge is 0.0900 e. The topological polar surface area (TPSA) is 129 Å². The third-order valence-corrected chi connectivity index (χ3v) is 18.5. The minimum Gasteiger partial charge on any atom is -0.264 e. The fraction of sp³-hybridized carbons (Fsp3) is 0. The second kappa shape index (κ2) is 25.5. The molecule has 18 aromatic rings. The standard InChI is InChI=1S/C90H56N10/c1-3-11-58(12-4-1)77-38-27-67-46-62(23-34-81(67)95-77)64-25-36-83-69(48-64)29-40-79(97-83)60-21-19-57(20-22-60)74-52-89(85-18-7-8-44-92-85)100-90(53-74)86-42-32-72(55-94-86)76-33-31-73(56-93-76)88-51-75(50-87(99-88)71-17-10-43-91-54-71)61-15-9-16-66(45-61)80-41-30-70-49-65(26-37-84(70)98-80)63-24-35-82-68(47-63)28-39-78(96-82)59-13-5-2-6-14-59/h1-56H. The number of hydrogen-bond donors (Lipinski definition) is 0. The quantitative estimate of drug-likeness (QED) is 0.110. The van der Waals surface area contributed by atoms with Crippen molar-refractivity contribution >= 4 is 43.6 Å². The molecule has 0 aliphatic carbocycles. The zero-order chi connectivity index (χ0) is 66.3. The predicted molar refractivity (Wildman–Crippen MR) is 405 cm³/mol. The Bertz CT molecular complexity index is 6120. The van der Waals surface area contributed by atoms with E-state index in [9.17, 15) is 0 Å². The Morgan fingerprint density at radius 1 is 0.150 bits per heavy atom. The van der Waals surface area contributed by atoms with E-state index in [1.54, 1.807) is 12.4 Å². The molecule has 0 atom stereocenters. The summed E-state index contributed by atoms with van der Waals surface area (Å²) in [5.74, 6) is 0. The molecule has 0 N–H and O–H groups in total. The fourth-order valence-electron chi connectivity index (χ4n) is 13.2. The van der Waals surface area contributed by atoms with Crippen molar-refractivity contribution in [1.29, 1.82) is 0 Å². The summed E-state index contributed by atoms with van der Waals surface area (Å²) >= 11 is 0. The summed E-state index contributed by atoms with van der Waals surface area (Å²) in [7, 11) is 0. The number of aromatic nitrogens is 10. The molecule has 0 saturated carbocycles. The molecule has 466 valence electrons. The first-order chi connectivity index (χ1) is 49.4. The molecule has 0 amide bonds. The van der Waals surface area contributed by atoms with E-state index in [0.29, 0.717) is 0 Å². The SMILES string of the molecule is c1ccc(-c2ccc3cc(-c4ccc5nc(-c6ccc(-c7cc(-c8ccccn8)nc(-c8ccc(-c9ccc(-c%10cc(-c%11cccc(-c%12ccc%13cc(-c%14ccc%15nc(-c%16ccccc%16)ccc%15c%14)ccc%13n%12)c%11)cc(-c%11cccnc%11)n%10)cn9)cn8)c7)cc6)ccc5c4)ccc3n2)cc1. The summed E-state index contributed by atoms with van der Waals surface area (Å²) in [5, 5.41) is 4.34. The molecule has 0 unspecified atom stereocenters. The van der Waals surface area contributed by atoms with Crippen LogP contribution in [-0.4, -0.2) is 49.8 Å². The van der Waals surface area contributed by atoms with Crippen molar-refractivity contribution in [3.8, 4) is 146 Å². The first kappa shape index (κ1) is 58.8. The molecule has 8 aromatic carbocycles. The second-order valence-electron chi connectivity index (χ2n) is 24.9. The van der Waals surface area contributed by atoms with Gasteiger partial charge in [0.15, 0.2) is 0 Å². The zero-order valence-corrected chi connectivity index (χ0v) is 53.8. The van der Waals surface area contributed by atoms with Crippen molar-refractivity contribution in [3.05, 3.63) is 340 Å². The van der Waals surface area contributed by atoms with Gasteiger partial charge in [0.2, 0.25) is 0 Å². The van der Waals surface area contributed by atoms with E-state index in [-0.39, 0.29) is 0 Å². The number of hydrogen-bond acceptors (Lipinski definition) is 10. The number of pyridine rings is 10. The molecule has 0 saturated heterocycles. The molecule has 10 nitrogen and oxygen atoms in total.